The fourth-order valence-corrected chi connectivity index (χ4v) is 2.22. The van der Waals surface area contributed by atoms with Crippen LogP contribution in [-0.2, 0) is 4.74 Å². The van der Waals surface area contributed by atoms with Gasteiger partial charge in [-0.2, -0.15) is 9.97 Å². The Bertz CT molecular complexity index is 600. The van der Waals surface area contributed by atoms with E-state index in [1.807, 2.05) is 6.92 Å². The average molecular weight is 264 g/mol. The summed E-state index contributed by atoms with van der Waals surface area (Å²) in [4.78, 5) is 15.1. The van der Waals surface area contributed by atoms with E-state index in [9.17, 15) is 5.11 Å². The van der Waals surface area contributed by atoms with Gasteiger partial charge in [-0.15, -0.1) is 0 Å². The molecular formula is C11H16N6O2. The molecule has 2 atom stereocenters. The molecule has 2 aromatic rings. The third-order valence-corrected chi connectivity index (χ3v) is 3.52. The van der Waals surface area contributed by atoms with Gasteiger partial charge < -0.3 is 25.9 Å². The van der Waals surface area contributed by atoms with Crippen molar-refractivity contribution in [1.82, 2.24) is 19.9 Å². The number of fused-ring (bicyclic) bond motifs is 1. The van der Waals surface area contributed by atoms with Crippen LogP contribution in [0.4, 0.5) is 11.8 Å². The van der Waals surface area contributed by atoms with E-state index >= 15 is 0 Å². The second-order valence-electron chi connectivity index (χ2n) is 4.75. The van der Waals surface area contributed by atoms with E-state index in [0.29, 0.717) is 36.6 Å². The van der Waals surface area contributed by atoms with Crippen LogP contribution in [0.1, 0.15) is 13.3 Å². The minimum atomic E-state index is -0.897. The van der Waals surface area contributed by atoms with Crippen molar-refractivity contribution in [2.45, 2.75) is 25.0 Å². The lowest BCUT2D eigenvalue weighted by atomic mass is 9.97. The van der Waals surface area contributed by atoms with E-state index < -0.39 is 5.60 Å². The minimum Gasteiger partial charge on any atom is -0.385 e. The highest BCUT2D eigenvalue weighted by atomic mass is 16.5. The summed E-state index contributed by atoms with van der Waals surface area (Å²) in [6.45, 7) is 2.75. The summed E-state index contributed by atoms with van der Waals surface area (Å²) in [5.74, 6) is 0.678. The fourth-order valence-electron chi connectivity index (χ4n) is 2.22. The molecule has 0 aromatic carbocycles. The summed E-state index contributed by atoms with van der Waals surface area (Å²) in [6.07, 6.45) is 1.91. The second kappa shape index (κ2) is 4.32. The lowest BCUT2D eigenvalue weighted by Gasteiger charge is -2.26. The molecule has 102 valence electrons. The molecule has 2 aromatic heterocycles. The number of ether oxygens (including phenoxy) is 1. The molecule has 1 saturated heterocycles. The molecule has 2 unspecified atom stereocenters. The largest absolute Gasteiger partial charge is 0.385 e. The number of anilines is 2. The molecule has 3 rings (SSSR count). The van der Waals surface area contributed by atoms with E-state index in [2.05, 4.69) is 25.3 Å². The van der Waals surface area contributed by atoms with Gasteiger partial charge in [0.25, 0.3) is 0 Å². The van der Waals surface area contributed by atoms with E-state index in [1.54, 1.807) is 0 Å². The fraction of sp³-hybridized carbons (Fsp3) is 0.545. The van der Waals surface area contributed by atoms with E-state index in [4.69, 9.17) is 10.5 Å². The second-order valence-corrected chi connectivity index (χ2v) is 4.75. The smallest absolute Gasteiger partial charge is 0.224 e. The number of hydrogen-bond donors (Lipinski definition) is 4. The van der Waals surface area contributed by atoms with Gasteiger partial charge in [0, 0.05) is 19.6 Å². The zero-order valence-electron chi connectivity index (χ0n) is 10.6. The lowest BCUT2D eigenvalue weighted by Crippen LogP contribution is -2.43. The van der Waals surface area contributed by atoms with Crippen LogP contribution in [0.3, 0.4) is 0 Å². The maximum atomic E-state index is 10.4. The van der Waals surface area contributed by atoms with Crippen LogP contribution in [-0.4, -0.2) is 49.9 Å². The van der Waals surface area contributed by atoms with Gasteiger partial charge in [-0.3, -0.25) is 0 Å². The van der Waals surface area contributed by atoms with Crippen molar-refractivity contribution in [3.05, 3.63) is 6.33 Å². The summed E-state index contributed by atoms with van der Waals surface area (Å²) < 4.78 is 5.39. The topological polar surface area (TPSA) is 122 Å². The number of nitrogen functional groups attached to an aromatic ring is 1. The number of rotatable bonds is 3. The molecule has 1 fully saturated rings. The molecular weight excluding hydrogens is 248 g/mol. The highest BCUT2D eigenvalue weighted by molar-refractivity contribution is 5.83. The SMILES string of the molecule is CC1OCCC1(O)CNc1nc(N)nc2nc[nH]c12. The van der Waals surface area contributed by atoms with Crippen molar-refractivity contribution in [3.63, 3.8) is 0 Å². The highest BCUT2D eigenvalue weighted by Crippen LogP contribution is 2.26. The first kappa shape index (κ1) is 12.1. The van der Waals surface area contributed by atoms with E-state index in [1.165, 1.54) is 6.33 Å². The van der Waals surface area contributed by atoms with Crippen LogP contribution >= 0.6 is 0 Å². The molecule has 19 heavy (non-hydrogen) atoms. The zero-order chi connectivity index (χ0) is 13.5. The molecule has 0 saturated carbocycles. The van der Waals surface area contributed by atoms with E-state index in [-0.39, 0.29) is 12.1 Å². The van der Waals surface area contributed by atoms with Gasteiger partial charge in [-0.1, -0.05) is 0 Å². The molecule has 1 aliphatic rings. The van der Waals surface area contributed by atoms with Gasteiger partial charge in [0.2, 0.25) is 5.95 Å². The first-order chi connectivity index (χ1) is 9.08. The lowest BCUT2D eigenvalue weighted by molar-refractivity contribution is -0.0176. The third kappa shape index (κ3) is 2.08. The molecule has 8 heteroatoms. The number of aromatic amines is 1. The Hall–Kier alpha value is -1.93. The monoisotopic (exact) mass is 264 g/mol. The van der Waals surface area contributed by atoms with Crippen LogP contribution in [0.2, 0.25) is 0 Å². The van der Waals surface area contributed by atoms with Crippen molar-refractivity contribution >= 4 is 22.9 Å². The van der Waals surface area contributed by atoms with E-state index in [0.717, 1.165) is 0 Å². The van der Waals surface area contributed by atoms with Crippen LogP contribution in [0, 0.1) is 0 Å². The van der Waals surface area contributed by atoms with Crippen molar-refractivity contribution in [3.8, 4) is 0 Å². The number of imidazole rings is 1. The van der Waals surface area contributed by atoms with Crippen molar-refractivity contribution < 1.29 is 9.84 Å². The Morgan fingerprint density at radius 1 is 1.63 bits per heavy atom. The van der Waals surface area contributed by atoms with Gasteiger partial charge in [-0.05, 0) is 6.92 Å². The number of aliphatic hydroxyl groups is 1. The normalized spacial score (nSPS) is 26.9. The van der Waals surface area contributed by atoms with Crippen LogP contribution in [0.5, 0.6) is 0 Å². The van der Waals surface area contributed by atoms with Crippen molar-refractivity contribution in [2.75, 3.05) is 24.2 Å². The molecule has 0 spiro atoms. The van der Waals surface area contributed by atoms with Gasteiger partial charge in [0.1, 0.15) is 11.1 Å². The number of nitrogens with one attached hydrogen (secondary N) is 2. The molecule has 5 N–H and O–H groups in total. The predicted octanol–water partition coefficient (Wildman–Crippen LogP) is -0.113. The van der Waals surface area contributed by atoms with Crippen molar-refractivity contribution in [2.24, 2.45) is 0 Å². The molecule has 0 amide bonds. The van der Waals surface area contributed by atoms with Gasteiger partial charge >= 0.3 is 0 Å². The maximum absolute atomic E-state index is 10.4. The maximum Gasteiger partial charge on any atom is 0.224 e. The number of hydrogen-bond acceptors (Lipinski definition) is 7. The number of nitrogens with two attached hydrogens (primary N) is 1. The summed E-state index contributed by atoms with van der Waals surface area (Å²) in [6, 6.07) is 0. The Balaban J connectivity index is 1.83. The minimum absolute atomic E-state index is 0.143. The van der Waals surface area contributed by atoms with Crippen molar-refractivity contribution in [1.29, 1.82) is 0 Å². The Kier molecular flexibility index (Phi) is 2.76. The third-order valence-electron chi connectivity index (χ3n) is 3.52. The quantitative estimate of drug-likeness (QED) is 0.610. The van der Waals surface area contributed by atoms with Gasteiger partial charge in [0.15, 0.2) is 11.5 Å². The zero-order valence-corrected chi connectivity index (χ0v) is 10.6. The Labute approximate surface area is 109 Å². The molecule has 3 heterocycles. The first-order valence-corrected chi connectivity index (χ1v) is 6.13. The summed E-state index contributed by atoms with van der Waals surface area (Å²) >= 11 is 0. The number of aromatic nitrogens is 4. The Morgan fingerprint density at radius 3 is 3.21 bits per heavy atom. The van der Waals surface area contributed by atoms with Crippen LogP contribution < -0.4 is 11.1 Å². The summed E-state index contributed by atoms with van der Waals surface area (Å²) in [7, 11) is 0. The Morgan fingerprint density at radius 2 is 2.47 bits per heavy atom. The predicted molar refractivity (Wildman–Crippen MR) is 69.6 cm³/mol. The van der Waals surface area contributed by atoms with Crippen LogP contribution in [0.25, 0.3) is 11.2 Å². The summed E-state index contributed by atoms with van der Waals surface area (Å²) in [5, 5.41) is 13.5. The van der Waals surface area contributed by atoms with Crippen LogP contribution in [0.15, 0.2) is 6.33 Å². The highest BCUT2D eigenvalue weighted by Gasteiger charge is 2.39. The standard InChI is InChI=1S/C11H16N6O2/c1-6-11(18,2-3-19-6)4-13-8-7-9(15-5-14-7)17-10(12)16-8/h5-6,18H,2-4H2,1H3,(H4,12,13,14,15,16,17). The molecule has 1 aliphatic heterocycles. The molecule has 0 bridgehead atoms. The van der Waals surface area contributed by atoms with Gasteiger partial charge in [0.05, 0.1) is 12.4 Å². The summed E-state index contributed by atoms with van der Waals surface area (Å²) in [5.41, 5.74) is 5.90. The molecule has 0 radical (unpaired) electrons. The first-order valence-electron chi connectivity index (χ1n) is 6.13. The average Bonchev–Trinajstić information content (AvgIpc) is 2.95. The van der Waals surface area contributed by atoms with Gasteiger partial charge in [-0.25, -0.2) is 4.98 Å². The molecule has 0 aliphatic carbocycles. The number of H-pyrrole nitrogens is 1. The molecule has 8 nitrogen and oxygen atoms in total. The number of nitrogens with zero attached hydrogens (tertiary/aromatic N) is 3.